The largest absolute Gasteiger partial charge is 0.327 e. The van der Waals surface area contributed by atoms with Crippen molar-refractivity contribution in [2.45, 2.75) is 25.1 Å². The summed E-state index contributed by atoms with van der Waals surface area (Å²) in [5.41, 5.74) is 7.28. The van der Waals surface area contributed by atoms with Crippen LogP contribution >= 0.6 is 27.7 Å². The Morgan fingerprint density at radius 2 is 2.07 bits per heavy atom. The van der Waals surface area contributed by atoms with Crippen molar-refractivity contribution in [1.29, 1.82) is 0 Å². The Morgan fingerprint density at radius 3 is 2.57 bits per heavy atom. The van der Waals surface area contributed by atoms with Gasteiger partial charge in [-0.3, -0.25) is 0 Å². The lowest BCUT2D eigenvalue weighted by Gasteiger charge is -2.21. The normalized spacial score (nSPS) is 15.1. The van der Waals surface area contributed by atoms with Crippen LogP contribution in [0.3, 0.4) is 0 Å². The predicted octanol–water partition coefficient (Wildman–Crippen LogP) is 3.59. The van der Waals surface area contributed by atoms with Crippen LogP contribution in [0.15, 0.2) is 28.7 Å². The first-order valence-corrected chi connectivity index (χ1v) is 6.62. The van der Waals surface area contributed by atoms with E-state index in [9.17, 15) is 0 Å². The molecule has 1 nitrogen and oxygen atoms in total. The van der Waals surface area contributed by atoms with Gasteiger partial charge in [0, 0.05) is 15.8 Å². The lowest BCUT2D eigenvalue weighted by molar-refractivity contribution is 0.719. The van der Waals surface area contributed by atoms with Crippen molar-refractivity contribution >= 4 is 27.7 Å². The lowest BCUT2D eigenvalue weighted by Crippen LogP contribution is -2.23. The topological polar surface area (TPSA) is 26.0 Å². The van der Waals surface area contributed by atoms with E-state index in [0.717, 1.165) is 10.2 Å². The molecule has 0 bridgehead atoms. The second-order valence-electron chi connectivity index (χ2n) is 3.26. The third-order valence-electron chi connectivity index (χ3n) is 2.04. The average molecular weight is 274 g/mol. The van der Waals surface area contributed by atoms with Crippen LogP contribution in [0.4, 0.5) is 0 Å². The van der Waals surface area contributed by atoms with Crippen LogP contribution in [0, 0.1) is 0 Å². The molecule has 0 radical (unpaired) electrons. The molecule has 2 atom stereocenters. The molecular weight excluding hydrogens is 258 g/mol. The number of thioether (sulfide) groups is 1. The van der Waals surface area contributed by atoms with Gasteiger partial charge in [-0.05, 0) is 24.3 Å². The highest BCUT2D eigenvalue weighted by molar-refractivity contribution is 9.10. The minimum absolute atomic E-state index is 0.179. The molecule has 2 unspecified atom stereocenters. The molecule has 0 spiro atoms. The van der Waals surface area contributed by atoms with E-state index in [2.05, 4.69) is 48.0 Å². The van der Waals surface area contributed by atoms with E-state index in [0.29, 0.717) is 5.25 Å². The SMILES string of the molecule is CCSC(c1ccccc1Br)C(C)N. The van der Waals surface area contributed by atoms with E-state index in [4.69, 9.17) is 5.73 Å². The number of rotatable bonds is 4. The summed E-state index contributed by atoms with van der Waals surface area (Å²) in [5.74, 6) is 1.09. The summed E-state index contributed by atoms with van der Waals surface area (Å²) in [4.78, 5) is 0. The Bertz CT molecular complexity index is 288. The van der Waals surface area contributed by atoms with Gasteiger partial charge in [-0.15, -0.1) is 0 Å². The number of halogens is 1. The maximum absolute atomic E-state index is 5.98. The van der Waals surface area contributed by atoms with Crippen LogP contribution in [0.1, 0.15) is 24.7 Å². The smallest absolute Gasteiger partial charge is 0.0456 e. The molecule has 14 heavy (non-hydrogen) atoms. The zero-order valence-corrected chi connectivity index (χ0v) is 10.9. The van der Waals surface area contributed by atoms with E-state index < -0.39 is 0 Å². The van der Waals surface area contributed by atoms with Gasteiger partial charge in [0.2, 0.25) is 0 Å². The Labute approximate surface area is 98.6 Å². The second-order valence-corrected chi connectivity index (χ2v) is 5.53. The van der Waals surface area contributed by atoms with Crippen molar-refractivity contribution < 1.29 is 0 Å². The zero-order valence-electron chi connectivity index (χ0n) is 8.53. The van der Waals surface area contributed by atoms with E-state index in [1.165, 1.54) is 5.56 Å². The molecule has 0 saturated heterocycles. The number of nitrogens with two attached hydrogens (primary N) is 1. The van der Waals surface area contributed by atoms with Crippen LogP contribution < -0.4 is 5.73 Å². The molecule has 0 aromatic heterocycles. The maximum Gasteiger partial charge on any atom is 0.0456 e. The van der Waals surface area contributed by atoms with Crippen LogP contribution in [-0.2, 0) is 0 Å². The van der Waals surface area contributed by atoms with Crippen molar-refractivity contribution in [2.24, 2.45) is 5.73 Å². The molecule has 0 aliphatic rings. The Hall–Kier alpha value is 0.01000. The standard InChI is InChI=1S/C11H16BrNS/c1-3-14-11(8(2)13)9-6-4-5-7-10(9)12/h4-8,11H,3,13H2,1-2H3. The molecule has 0 fully saturated rings. The third-order valence-corrected chi connectivity index (χ3v) is 4.13. The van der Waals surface area contributed by atoms with Gasteiger partial charge in [0.05, 0.1) is 0 Å². The highest BCUT2D eigenvalue weighted by atomic mass is 79.9. The molecule has 0 saturated carbocycles. The number of hydrogen-bond acceptors (Lipinski definition) is 2. The van der Waals surface area contributed by atoms with Gasteiger partial charge in [-0.2, -0.15) is 11.8 Å². The summed E-state index contributed by atoms with van der Waals surface area (Å²) in [5, 5.41) is 0.385. The molecule has 1 aromatic rings. The molecule has 78 valence electrons. The first kappa shape index (κ1) is 12.1. The molecule has 2 N–H and O–H groups in total. The minimum atomic E-state index is 0.179. The van der Waals surface area contributed by atoms with Crippen LogP contribution in [-0.4, -0.2) is 11.8 Å². The third kappa shape index (κ3) is 3.01. The second kappa shape index (κ2) is 5.79. The van der Waals surface area contributed by atoms with Crippen molar-refractivity contribution in [1.82, 2.24) is 0 Å². The van der Waals surface area contributed by atoms with E-state index >= 15 is 0 Å². The average Bonchev–Trinajstić information content (AvgIpc) is 2.15. The first-order valence-electron chi connectivity index (χ1n) is 4.78. The summed E-state index contributed by atoms with van der Waals surface area (Å²) < 4.78 is 1.16. The number of benzene rings is 1. The summed E-state index contributed by atoms with van der Waals surface area (Å²) in [6, 6.07) is 8.48. The molecule has 0 amide bonds. The maximum atomic E-state index is 5.98. The van der Waals surface area contributed by atoms with Crippen molar-refractivity contribution in [3.8, 4) is 0 Å². The molecule has 1 rings (SSSR count). The fourth-order valence-electron chi connectivity index (χ4n) is 1.41. The van der Waals surface area contributed by atoms with E-state index in [-0.39, 0.29) is 6.04 Å². The van der Waals surface area contributed by atoms with Gasteiger partial charge >= 0.3 is 0 Å². The summed E-state index contributed by atoms with van der Waals surface area (Å²) in [6.07, 6.45) is 0. The van der Waals surface area contributed by atoms with Gasteiger partial charge in [0.25, 0.3) is 0 Å². The fraction of sp³-hybridized carbons (Fsp3) is 0.455. The van der Waals surface area contributed by atoms with Crippen molar-refractivity contribution in [3.63, 3.8) is 0 Å². The summed E-state index contributed by atoms with van der Waals surface area (Å²) in [6.45, 7) is 4.23. The molecule has 1 aromatic carbocycles. The Balaban J connectivity index is 2.93. The molecular formula is C11H16BrNS. The van der Waals surface area contributed by atoms with Crippen molar-refractivity contribution in [2.75, 3.05) is 5.75 Å². The van der Waals surface area contributed by atoms with Gasteiger partial charge in [0.15, 0.2) is 0 Å². The molecule has 3 heteroatoms. The highest BCUT2D eigenvalue weighted by Crippen LogP contribution is 2.35. The fourth-order valence-corrected chi connectivity index (χ4v) is 3.14. The molecule has 0 aliphatic carbocycles. The Morgan fingerprint density at radius 1 is 1.43 bits per heavy atom. The highest BCUT2D eigenvalue weighted by Gasteiger charge is 2.17. The first-order chi connectivity index (χ1) is 6.66. The van der Waals surface area contributed by atoms with Gasteiger partial charge in [-0.1, -0.05) is 41.1 Å². The van der Waals surface area contributed by atoms with Gasteiger partial charge in [-0.25, -0.2) is 0 Å². The zero-order chi connectivity index (χ0) is 10.6. The monoisotopic (exact) mass is 273 g/mol. The number of hydrogen-bond donors (Lipinski definition) is 1. The molecule has 0 heterocycles. The summed E-state index contributed by atoms with van der Waals surface area (Å²) >= 11 is 5.46. The van der Waals surface area contributed by atoms with Crippen LogP contribution in [0.5, 0.6) is 0 Å². The summed E-state index contributed by atoms with van der Waals surface area (Å²) in [7, 11) is 0. The van der Waals surface area contributed by atoms with Crippen LogP contribution in [0.2, 0.25) is 0 Å². The van der Waals surface area contributed by atoms with Gasteiger partial charge in [0.1, 0.15) is 0 Å². The molecule has 0 aliphatic heterocycles. The quantitative estimate of drug-likeness (QED) is 0.908. The Kier molecular flexibility index (Phi) is 4.99. The lowest BCUT2D eigenvalue weighted by atomic mass is 10.1. The predicted molar refractivity (Wildman–Crippen MR) is 68.7 cm³/mol. The van der Waals surface area contributed by atoms with E-state index in [1.807, 2.05) is 17.8 Å². The minimum Gasteiger partial charge on any atom is -0.327 e. The van der Waals surface area contributed by atoms with E-state index in [1.54, 1.807) is 0 Å². The van der Waals surface area contributed by atoms with Crippen molar-refractivity contribution in [3.05, 3.63) is 34.3 Å². The van der Waals surface area contributed by atoms with Crippen LogP contribution in [0.25, 0.3) is 0 Å². The van der Waals surface area contributed by atoms with Gasteiger partial charge < -0.3 is 5.73 Å².